The lowest BCUT2D eigenvalue weighted by molar-refractivity contribution is -0.119. The van der Waals surface area contributed by atoms with Gasteiger partial charge in [0.15, 0.2) is 6.61 Å². The fraction of sp³-hybridized carbons (Fsp3) is 0.353. The summed E-state index contributed by atoms with van der Waals surface area (Å²) in [4.78, 5) is 25.7. The van der Waals surface area contributed by atoms with Crippen LogP contribution < -0.4 is 5.32 Å². The first-order chi connectivity index (χ1) is 11.6. The summed E-state index contributed by atoms with van der Waals surface area (Å²) < 4.78 is 5.08. The van der Waals surface area contributed by atoms with Gasteiger partial charge in [-0.25, -0.2) is 4.79 Å². The highest BCUT2D eigenvalue weighted by Crippen LogP contribution is 2.25. The fourth-order valence-corrected chi connectivity index (χ4v) is 4.17. The van der Waals surface area contributed by atoms with Gasteiger partial charge in [-0.2, -0.15) is 5.26 Å². The maximum absolute atomic E-state index is 12.1. The third-order valence-corrected chi connectivity index (χ3v) is 5.38. The number of ether oxygens (including phenoxy) is 1. The van der Waals surface area contributed by atoms with E-state index in [0.717, 1.165) is 24.8 Å². The van der Waals surface area contributed by atoms with E-state index in [2.05, 4.69) is 19.2 Å². The zero-order valence-corrected chi connectivity index (χ0v) is 15.2. The number of aryl methyl sites for hydroxylation is 2. The number of nitriles is 1. The summed E-state index contributed by atoms with van der Waals surface area (Å²) in [6.07, 6.45) is 2.83. The number of esters is 1. The molecule has 24 heavy (non-hydrogen) atoms. The molecule has 2 aromatic heterocycles. The van der Waals surface area contributed by atoms with Gasteiger partial charge in [0, 0.05) is 4.88 Å². The molecule has 0 aromatic carbocycles. The van der Waals surface area contributed by atoms with Crippen LogP contribution in [-0.4, -0.2) is 18.5 Å². The van der Waals surface area contributed by atoms with Gasteiger partial charge in [0.25, 0.3) is 5.91 Å². The van der Waals surface area contributed by atoms with Crippen molar-refractivity contribution in [3.63, 3.8) is 0 Å². The third-order valence-electron chi connectivity index (χ3n) is 3.33. The molecule has 0 unspecified atom stereocenters. The van der Waals surface area contributed by atoms with Crippen molar-refractivity contribution in [3.05, 3.63) is 38.4 Å². The summed E-state index contributed by atoms with van der Waals surface area (Å²) in [6, 6.07) is 5.46. The van der Waals surface area contributed by atoms with Gasteiger partial charge in [-0.05, 0) is 35.9 Å². The Hall–Kier alpha value is -2.17. The molecular formula is C17H18N2O3S2. The molecule has 1 N–H and O–H groups in total. The topological polar surface area (TPSA) is 79.2 Å². The van der Waals surface area contributed by atoms with E-state index in [1.807, 2.05) is 12.1 Å². The normalized spacial score (nSPS) is 10.2. The molecule has 0 fully saturated rings. The maximum atomic E-state index is 12.1. The van der Waals surface area contributed by atoms with Crippen molar-refractivity contribution in [2.24, 2.45) is 0 Å². The lowest BCUT2D eigenvalue weighted by atomic mass is 10.1. The molecule has 0 bridgehead atoms. The molecule has 2 rings (SSSR count). The van der Waals surface area contributed by atoms with Crippen LogP contribution in [-0.2, 0) is 22.4 Å². The SMILES string of the molecule is CCCc1sc(C(=O)OCC(=O)Nc2sccc2C#N)cc1CC. The van der Waals surface area contributed by atoms with Crippen molar-refractivity contribution in [1.29, 1.82) is 5.26 Å². The average molecular weight is 362 g/mol. The second kappa shape index (κ2) is 8.62. The Labute approximate surface area is 148 Å². The molecule has 2 heterocycles. The Morgan fingerprint density at radius 1 is 1.38 bits per heavy atom. The van der Waals surface area contributed by atoms with E-state index in [-0.39, 0.29) is 6.61 Å². The molecule has 0 radical (unpaired) electrons. The number of carbonyl (C=O) groups excluding carboxylic acids is 2. The van der Waals surface area contributed by atoms with Gasteiger partial charge < -0.3 is 10.1 Å². The number of rotatable bonds is 7. The lowest BCUT2D eigenvalue weighted by Crippen LogP contribution is -2.20. The molecular weight excluding hydrogens is 344 g/mol. The summed E-state index contributed by atoms with van der Waals surface area (Å²) in [6.45, 7) is 3.78. The Morgan fingerprint density at radius 3 is 2.83 bits per heavy atom. The predicted molar refractivity (Wildman–Crippen MR) is 95.6 cm³/mol. The zero-order chi connectivity index (χ0) is 17.5. The minimum atomic E-state index is -0.487. The van der Waals surface area contributed by atoms with Crippen LogP contribution in [0.1, 0.15) is 45.9 Å². The molecule has 5 nitrogen and oxygen atoms in total. The van der Waals surface area contributed by atoms with Crippen LogP contribution in [0.3, 0.4) is 0 Å². The monoisotopic (exact) mass is 362 g/mol. The molecule has 0 saturated carbocycles. The summed E-state index contributed by atoms with van der Waals surface area (Å²) in [7, 11) is 0. The van der Waals surface area contributed by atoms with E-state index in [9.17, 15) is 9.59 Å². The number of anilines is 1. The molecule has 7 heteroatoms. The first-order valence-electron chi connectivity index (χ1n) is 7.65. The third kappa shape index (κ3) is 4.43. The van der Waals surface area contributed by atoms with Crippen LogP contribution in [0.4, 0.5) is 5.00 Å². The van der Waals surface area contributed by atoms with Crippen molar-refractivity contribution in [1.82, 2.24) is 0 Å². The van der Waals surface area contributed by atoms with Gasteiger partial charge in [-0.1, -0.05) is 20.3 Å². The first kappa shape index (κ1) is 18.2. The fourth-order valence-electron chi connectivity index (χ4n) is 2.16. The van der Waals surface area contributed by atoms with Gasteiger partial charge in [0.1, 0.15) is 15.9 Å². The quantitative estimate of drug-likeness (QED) is 0.755. The Balaban J connectivity index is 1.93. The number of carbonyl (C=O) groups is 2. The standard InChI is InChI=1S/C17H18N2O3S2/c1-3-5-13-11(4-2)8-14(24-13)17(21)22-10-15(20)19-16-12(9-18)6-7-23-16/h6-8H,3-5,10H2,1-2H3,(H,19,20). The van der Waals surface area contributed by atoms with Gasteiger partial charge in [-0.3, -0.25) is 4.79 Å². The molecule has 126 valence electrons. The average Bonchev–Trinajstić information content (AvgIpc) is 3.19. The largest absolute Gasteiger partial charge is 0.451 e. The van der Waals surface area contributed by atoms with Gasteiger partial charge in [0.05, 0.1) is 5.56 Å². The van der Waals surface area contributed by atoms with Crippen LogP contribution in [0.15, 0.2) is 17.5 Å². The van der Waals surface area contributed by atoms with Crippen LogP contribution in [0.2, 0.25) is 0 Å². The van der Waals surface area contributed by atoms with E-state index in [1.54, 1.807) is 11.4 Å². The highest BCUT2D eigenvalue weighted by atomic mass is 32.1. The summed E-state index contributed by atoms with van der Waals surface area (Å²) in [5, 5.41) is 13.7. The first-order valence-corrected chi connectivity index (χ1v) is 9.34. The molecule has 0 aliphatic carbocycles. The Bertz CT molecular complexity index is 771. The number of amides is 1. The minimum Gasteiger partial charge on any atom is -0.451 e. The van der Waals surface area contributed by atoms with Gasteiger partial charge in [-0.15, -0.1) is 22.7 Å². The van der Waals surface area contributed by atoms with Crippen LogP contribution in [0, 0.1) is 11.3 Å². The number of hydrogen-bond donors (Lipinski definition) is 1. The molecule has 0 spiro atoms. The molecule has 0 aliphatic heterocycles. The summed E-state index contributed by atoms with van der Waals surface area (Å²) in [5.41, 5.74) is 1.56. The summed E-state index contributed by atoms with van der Waals surface area (Å²) in [5.74, 6) is -0.942. The van der Waals surface area contributed by atoms with Crippen molar-refractivity contribution >= 4 is 39.6 Å². The number of thiophene rings is 2. The van der Waals surface area contributed by atoms with Crippen LogP contribution in [0.25, 0.3) is 0 Å². The molecule has 0 aliphatic rings. The van der Waals surface area contributed by atoms with Crippen molar-refractivity contribution in [3.8, 4) is 6.07 Å². The zero-order valence-electron chi connectivity index (χ0n) is 13.5. The summed E-state index contributed by atoms with van der Waals surface area (Å²) >= 11 is 2.69. The maximum Gasteiger partial charge on any atom is 0.348 e. The van der Waals surface area contributed by atoms with E-state index in [4.69, 9.17) is 10.00 Å². The number of nitrogens with one attached hydrogen (secondary N) is 1. The minimum absolute atomic E-state index is 0.371. The van der Waals surface area contributed by atoms with E-state index in [0.29, 0.717) is 15.4 Å². The van der Waals surface area contributed by atoms with E-state index in [1.165, 1.54) is 27.6 Å². The number of hydrogen-bond acceptors (Lipinski definition) is 6. The molecule has 0 atom stereocenters. The molecule has 1 amide bonds. The molecule has 2 aromatic rings. The Morgan fingerprint density at radius 2 is 2.17 bits per heavy atom. The van der Waals surface area contributed by atoms with E-state index < -0.39 is 11.9 Å². The second-order valence-corrected chi connectivity index (χ2v) is 7.11. The molecule has 0 saturated heterocycles. The number of nitrogens with zero attached hydrogens (tertiary/aromatic N) is 1. The van der Waals surface area contributed by atoms with Crippen LogP contribution >= 0.6 is 22.7 Å². The van der Waals surface area contributed by atoms with Crippen LogP contribution in [0.5, 0.6) is 0 Å². The lowest BCUT2D eigenvalue weighted by Gasteiger charge is -2.04. The second-order valence-electron chi connectivity index (χ2n) is 5.06. The predicted octanol–water partition coefficient (Wildman–Crippen LogP) is 3.99. The Kier molecular flexibility index (Phi) is 6.53. The van der Waals surface area contributed by atoms with Crippen molar-refractivity contribution < 1.29 is 14.3 Å². The van der Waals surface area contributed by atoms with Gasteiger partial charge >= 0.3 is 5.97 Å². The van der Waals surface area contributed by atoms with Gasteiger partial charge in [0.2, 0.25) is 0 Å². The van der Waals surface area contributed by atoms with E-state index >= 15 is 0 Å². The highest BCUT2D eigenvalue weighted by molar-refractivity contribution is 7.14. The van der Waals surface area contributed by atoms with Crippen molar-refractivity contribution in [2.45, 2.75) is 33.1 Å². The van der Waals surface area contributed by atoms with Crippen molar-refractivity contribution in [2.75, 3.05) is 11.9 Å². The smallest absolute Gasteiger partial charge is 0.348 e. The highest BCUT2D eigenvalue weighted by Gasteiger charge is 2.16.